The Balaban J connectivity index is 2.32. The van der Waals surface area contributed by atoms with Gasteiger partial charge in [0.1, 0.15) is 17.6 Å². The monoisotopic (exact) mass is 295 g/mol. The standard InChI is InChI=1S/C15H18ClNO3/c1-9-3-4-10(7-13(9)19-2)11(8-17)15(18)12-5-6-14(16)20-12/h3-7,11,15,18H,8,17H2,1-2H3. The molecule has 4 nitrogen and oxygen atoms in total. The van der Waals surface area contributed by atoms with Gasteiger partial charge in [-0.2, -0.15) is 0 Å². The number of aliphatic hydroxyl groups is 1. The second-order valence-corrected chi connectivity index (χ2v) is 5.03. The lowest BCUT2D eigenvalue weighted by Gasteiger charge is -2.21. The first kappa shape index (κ1) is 14.9. The average Bonchev–Trinajstić information content (AvgIpc) is 2.88. The predicted octanol–water partition coefficient (Wildman–Crippen LogP) is 3.03. The lowest BCUT2D eigenvalue weighted by Crippen LogP contribution is -2.20. The van der Waals surface area contributed by atoms with Crippen molar-refractivity contribution in [2.24, 2.45) is 5.73 Å². The van der Waals surface area contributed by atoms with Crippen molar-refractivity contribution in [2.75, 3.05) is 13.7 Å². The molecule has 0 spiro atoms. The van der Waals surface area contributed by atoms with E-state index in [2.05, 4.69) is 0 Å². The van der Waals surface area contributed by atoms with Gasteiger partial charge in [0.15, 0.2) is 5.22 Å². The SMILES string of the molecule is COc1cc(C(CN)C(O)c2ccc(Cl)o2)ccc1C. The minimum absolute atomic E-state index is 0.247. The number of aliphatic hydroxyl groups excluding tert-OH is 1. The molecule has 0 amide bonds. The van der Waals surface area contributed by atoms with Crippen molar-refractivity contribution in [3.8, 4) is 5.75 Å². The van der Waals surface area contributed by atoms with Gasteiger partial charge in [0.05, 0.1) is 7.11 Å². The summed E-state index contributed by atoms with van der Waals surface area (Å²) in [6.45, 7) is 2.24. The van der Waals surface area contributed by atoms with Crippen LogP contribution in [0.3, 0.4) is 0 Å². The summed E-state index contributed by atoms with van der Waals surface area (Å²) in [7, 11) is 1.62. The van der Waals surface area contributed by atoms with E-state index in [4.69, 9.17) is 26.5 Å². The van der Waals surface area contributed by atoms with Gasteiger partial charge in [-0.3, -0.25) is 0 Å². The maximum Gasteiger partial charge on any atom is 0.193 e. The second-order valence-electron chi connectivity index (χ2n) is 4.66. The maximum absolute atomic E-state index is 10.4. The number of hydrogen-bond acceptors (Lipinski definition) is 4. The fraction of sp³-hybridized carbons (Fsp3) is 0.333. The van der Waals surface area contributed by atoms with Gasteiger partial charge in [-0.15, -0.1) is 0 Å². The number of aryl methyl sites for hydroxylation is 1. The van der Waals surface area contributed by atoms with E-state index in [0.717, 1.165) is 16.9 Å². The fourth-order valence-corrected chi connectivity index (χ4v) is 2.35. The number of nitrogens with two attached hydrogens (primary N) is 1. The van der Waals surface area contributed by atoms with Crippen LogP contribution in [0.15, 0.2) is 34.7 Å². The summed E-state index contributed by atoms with van der Waals surface area (Å²) in [6.07, 6.45) is -0.847. The van der Waals surface area contributed by atoms with Gasteiger partial charge in [-0.1, -0.05) is 12.1 Å². The molecule has 3 N–H and O–H groups in total. The Morgan fingerprint density at radius 1 is 1.35 bits per heavy atom. The Kier molecular flexibility index (Phi) is 4.70. The summed E-state index contributed by atoms with van der Waals surface area (Å²) in [6, 6.07) is 9.02. The van der Waals surface area contributed by atoms with E-state index in [1.807, 2.05) is 25.1 Å². The molecule has 0 saturated heterocycles. The number of furan rings is 1. The van der Waals surface area contributed by atoms with Gasteiger partial charge < -0.3 is 20.0 Å². The molecule has 2 atom stereocenters. The van der Waals surface area contributed by atoms with E-state index in [0.29, 0.717) is 5.76 Å². The Hall–Kier alpha value is -1.49. The van der Waals surface area contributed by atoms with Gasteiger partial charge in [0, 0.05) is 12.5 Å². The zero-order valence-corrected chi connectivity index (χ0v) is 12.2. The largest absolute Gasteiger partial charge is 0.496 e. The van der Waals surface area contributed by atoms with Crippen molar-refractivity contribution in [1.82, 2.24) is 0 Å². The molecule has 1 heterocycles. The number of methoxy groups -OCH3 is 1. The van der Waals surface area contributed by atoms with Crippen LogP contribution in [0.1, 0.15) is 28.9 Å². The van der Waals surface area contributed by atoms with E-state index in [1.54, 1.807) is 19.2 Å². The van der Waals surface area contributed by atoms with Crippen LogP contribution in [-0.2, 0) is 0 Å². The summed E-state index contributed by atoms with van der Waals surface area (Å²) in [4.78, 5) is 0. The number of rotatable bonds is 5. The number of halogens is 1. The lowest BCUT2D eigenvalue weighted by atomic mass is 9.91. The minimum atomic E-state index is -0.847. The summed E-state index contributed by atoms with van der Waals surface area (Å²) < 4.78 is 10.6. The Labute approximate surface area is 123 Å². The molecule has 0 aliphatic rings. The molecule has 0 fully saturated rings. The highest BCUT2D eigenvalue weighted by atomic mass is 35.5. The highest BCUT2D eigenvalue weighted by Gasteiger charge is 2.25. The fourth-order valence-electron chi connectivity index (χ4n) is 2.20. The van der Waals surface area contributed by atoms with Crippen LogP contribution in [-0.4, -0.2) is 18.8 Å². The van der Waals surface area contributed by atoms with Crippen molar-refractivity contribution in [2.45, 2.75) is 18.9 Å². The van der Waals surface area contributed by atoms with Crippen molar-refractivity contribution in [3.63, 3.8) is 0 Å². The van der Waals surface area contributed by atoms with Crippen LogP contribution >= 0.6 is 11.6 Å². The van der Waals surface area contributed by atoms with E-state index in [1.165, 1.54) is 0 Å². The molecule has 0 saturated carbocycles. The van der Waals surface area contributed by atoms with Gasteiger partial charge >= 0.3 is 0 Å². The predicted molar refractivity (Wildman–Crippen MR) is 78.2 cm³/mol. The highest BCUT2D eigenvalue weighted by molar-refractivity contribution is 6.28. The molecular formula is C15H18ClNO3. The Bertz CT molecular complexity index is 582. The highest BCUT2D eigenvalue weighted by Crippen LogP contribution is 2.34. The molecule has 1 aromatic heterocycles. The zero-order valence-electron chi connectivity index (χ0n) is 11.5. The molecule has 0 radical (unpaired) electrons. The van der Waals surface area contributed by atoms with Crippen LogP contribution in [0, 0.1) is 6.92 Å². The first-order valence-corrected chi connectivity index (χ1v) is 6.72. The molecule has 108 valence electrons. The molecule has 0 bridgehead atoms. The molecule has 5 heteroatoms. The van der Waals surface area contributed by atoms with E-state index in [-0.39, 0.29) is 17.7 Å². The summed E-state index contributed by atoms with van der Waals surface area (Å²) in [5.74, 6) is 0.891. The van der Waals surface area contributed by atoms with Crippen molar-refractivity contribution in [1.29, 1.82) is 0 Å². The van der Waals surface area contributed by atoms with Crippen molar-refractivity contribution >= 4 is 11.6 Å². The molecular weight excluding hydrogens is 278 g/mol. The third-order valence-electron chi connectivity index (χ3n) is 3.38. The van der Waals surface area contributed by atoms with Gasteiger partial charge in [0.2, 0.25) is 0 Å². The van der Waals surface area contributed by atoms with E-state index in [9.17, 15) is 5.11 Å². The molecule has 2 rings (SSSR count). The number of benzene rings is 1. The topological polar surface area (TPSA) is 68.6 Å². The summed E-state index contributed by atoms with van der Waals surface area (Å²) in [5.41, 5.74) is 7.73. The van der Waals surface area contributed by atoms with Crippen LogP contribution in [0.25, 0.3) is 0 Å². The van der Waals surface area contributed by atoms with E-state index >= 15 is 0 Å². The molecule has 0 aliphatic heterocycles. The minimum Gasteiger partial charge on any atom is -0.496 e. The average molecular weight is 296 g/mol. The Morgan fingerprint density at radius 2 is 2.10 bits per heavy atom. The number of hydrogen-bond donors (Lipinski definition) is 2. The van der Waals surface area contributed by atoms with Crippen LogP contribution in [0.4, 0.5) is 0 Å². The molecule has 20 heavy (non-hydrogen) atoms. The first-order valence-electron chi connectivity index (χ1n) is 6.34. The summed E-state index contributed by atoms with van der Waals surface area (Å²) in [5, 5.41) is 10.7. The lowest BCUT2D eigenvalue weighted by molar-refractivity contribution is 0.122. The second kappa shape index (κ2) is 6.31. The van der Waals surface area contributed by atoms with Gasteiger partial charge in [-0.25, -0.2) is 0 Å². The molecule has 1 aromatic carbocycles. The normalized spacial score (nSPS) is 14.1. The van der Waals surface area contributed by atoms with Crippen molar-refractivity contribution in [3.05, 3.63) is 52.4 Å². The Morgan fingerprint density at radius 3 is 2.65 bits per heavy atom. The number of ether oxygens (including phenoxy) is 1. The summed E-state index contributed by atoms with van der Waals surface area (Å²) >= 11 is 5.74. The molecule has 2 aromatic rings. The van der Waals surface area contributed by atoms with E-state index < -0.39 is 6.10 Å². The third-order valence-corrected chi connectivity index (χ3v) is 3.58. The zero-order chi connectivity index (χ0) is 14.7. The van der Waals surface area contributed by atoms with Crippen LogP contribution in [0.5, 0.6) is 5.75 Å². The van der Waals surface area contributed by atoms with Crippen LogP contribution < -0.4 is 10.5 Å². The van der Waals surface area contributed by atoms with Gasteiger partial charge in [-0.05, 0) is 47.9 Å². The third kappa shape index (κ3) is 2.98. The molecule has 2 unspecified atom stereocenters. The smallest absolute Gasteiger partial charge is 0.193 e. The van der Waals surface area contributed by atoms with Gasteiger partial charge in [0.25, 0.3) is 0 Å². The van der Waals surface area contributed by atoms with Crippen LogP contribution in [0.2, 0.25) is 5.22 Å². The maximum atomic E-state index is 10.4. The molecule has 0 aliphatic carbocycles. The van der Waals surface area contributed by atoms with Crippen molar-refractivity contribution < 1.29 is 14.3 Å². The first-order chi connectivity index (χ1) is 9.56. The quantitative estimate of drug-likeness (QED) is 0.889.